The molecule has 5 heteroatoms. The number of halogens is 1. The summed E-state index contributed by atoms with van der Waals surface area (Å²) in [5.41, 5.74) is 2.47. The molecule has 3 nitrogen and oxygen atoms in total. The van der Waals surface area contributed by atoms with Gasteiger partial charge in [0, 0.05) is 10.5 Å². The Balaban J connectivity index is 2.19. The Morgan fingerprint density at radius 2 is 1.89 bits per heavy atom. The van der Waals surface area contributed by atoms with Crippen molar-refractivity contribution in [3.63, 3.8) is 0 Å². The van der Waals surface area contributed by atoms with Crippen molar-refractivity contribution in [2.45, 2.75) is 13.5 Å². The number of rotatable bonds is 4. The van der Waals surface area contributed by atoms with Gasteiger partial charge in [0.15, 0.2) is 0 Å². The number of benzene rings is 2. The first-order chi connectivity index (χ1) is 9.08. The molecule has 2 aromatic rings. The van der Waals surface area contributed by atoms with E-state index < -0.39 is 7.12 Å². The lowest BCUT2D eigenvalue weighted by atomic mass is 9.79. The average molecular weight is 277 g/mol. The first kappa shape index (κ1) is 13.9. The molecule has 2 N–H and O–H groups in total. The molecule has 0 bridgehead atoms. The van der Waals surface area contributed by atoms with Crippen molar-refractivity contribution < 1.29 is 14.8 Å². The fraction of sp³-hybridized carbons (Fsp3) is 0.143. The van der Waals surface area contributed by atoms with Crippen LogP contribution >= 0.6 is 11.6 Å². The van der Waals surface area contributed by atoms with Crippen molar-refractivity contribution in [3.05, 3.63) is 58.6 Å². The minimum Gasteiger partial charge on any atom is -0.489 e. The van der Waals surface area contributed by atoms with E-state index in [4.69, 9.17) is 16.3 Å². The van der Waals surface area contributed by atoms with Crippen molar-refractivity contribution in [3.8, 4) is 5.75 Å². The van der Waals surface area contributed by atoms with Crippen LogP contribution in [0.15, 0.2) is 42.5 Å². The SMILES string of the molecule is Cc1ccccc1COc1cc(Cl)ccc1B(O)O. The van der Waals surface area contributed by atoms with Crippen LogP contribution in [0.4, 0.5) is 0 Å². The monoisotopic (exact) mass is 276 g/mol. The Hall–Kier alpha value is -1.49. The van der Waals surface area contributed by atoms with Gasteiger partial charge in [-0.3, -0.25) is 0 Å². The maximum atomic E-state index is 9.28. The van der Waals surface area contributed by atoms with E-state index in [-0.39, 0.29) is 0 Å². The topological polar surface area (TPSA) is 49.7 Å². The van der Waals surface area contributed by atoms with E-state index in [0.29, 0.717) is 22.8 Å². The third kappa shape index (κ3) is 3.50. The predicted molar refractivity (Wildman–Crippen MR) is 76.8 cm³/mol. The average Bonchev–Trinajstić information content (AvgIpc) is 2.37. The van der Waals surface area contributed by atoms with Crippen LogP contribution in [-0.2, 0) is 6.61 Å². The van der Waals surface area contributed by atoms with E-state index in [1.165, 1.54) is 0 Å². The molecule has 0 spiro atoms. The lowest BCUT2D eigenvalue weighted by Crippen LogP contribution is -2.31. The molecule has 0 saturated heterocycles. The van der Waals surface area contributed by atoms with Gasteiger partial charge in [-0.1, -0.05) is 41.9 Å². The molecule has 0 aliphatic carbocycles. The quantitative estimate of drug-likeness (QED) is 0.839. The summed E-state index contributed by atoms with van der Waals surface area (Å²) in [4.78, 5) is 0. The minimum absolute atomic E-state index is 0.304. The zero-order valence-electron chi connectivity index (χ0n) is 10.5. The van der Waals surface area contributed by atoms with E-state index in [9.17, 15) is 10.0 Å². The van der Waals surface area contributed by atoms with Crippen LogP contribution in [0, 0.1) is 6.92 Å². The summed E-state index contributed by atoms with van der Waals surface area (Å²) >= 11 is 5.89. The summed E-state index contributed by atoms with van der Waals surface area (Å²) < 4.78 is 5.64. The largest absolute Gasteiger partial charge is 0.492 e. The van der Waals surface area contributed by atoms with Gasteiger partial charge in [0.05, 0.1) is 0 Å². The van der Waals surface area contributed by atoms with Crippen molar-refractivity contribution in [1.29, 1.82) is 0 Å². The van der Waals surface area contributed by atoms with E-state index in [1.807, 2.05) is 31.2 Å². The van der Waals surface area contributed by atoms with Crippen LogP contribution in [0.5, 0.6) is 5.75 Å². The number of aryl methyl sites for hydroxylation is 1. The van der Waals surface area contributed by atoms with Gasteiger partial charge in [-0.2, -0.15) is 0 Å². The molecule has 0 radical (unpaired) electrons. The fourth-order valence-electron chi connectivity index (χ4n) is 1.77. The summed E-state index contributed by atoms with van der Waals surface area (Å²) in [6.07, 6.45) is 0. The lowest BCUT2D eigenvalue weighted by Gasteiger charge is -2.12. The highest BCUT2D eigenvalue weighted by Gasteiger charge is 2.17. The predicted octanol–water partition coefficient (Wildman–Crippen LogP) is 1.91. The Morgan fingerprint density at radius 1 is 1.16 bits per heavy atom. The Labute approximate surface area is 117 Å². The second-order valence-electron chi connectivity index (χ2n) is 4.27. The van der Waals surface area contributed by atoms with Gasteiger partial charge in [-0.15, -0.1) is 0 Å². The van der Waals surface area contributed by atoms with Crippen LogP contribution in [0.3, 0.4) is 0 Å². The van der Waals surface area contributed by atoms with Gasteiger partial charge >= 0.3 is 7.12 Å². The van der Waals surface area contributed by atoms with Crippen LogP contribution in [0.25, 0.3) is 0 Å². The maximum absolute atomic E-state index is 9.28. The molecule has 2 aromatic carbocycles. The second-order valence-corrected chi connectivity index (χ2v) is 4.71. The standard InChI is InChI=1S/C14H14BClO3/c1-10-4-2-3-5-11(10)9-19-14-8-12(16)6-7-13(14)15(17)18/h2-8,17-18H,9H2,1H3. The molecular formula is C14H14BClO3. The Bertz CT molecular complexity index is 572. The van der Waals surface area contributed by atoms with Crippen LogP contribution in [-0.4, -0.2) is 17.2 Å². The minimum atomic E-state index is -1.58. The highest BCUT2D eigenvalue weighted by atomic mass is 35.5. The number of hydrogen-bond donors (Lipinski definition) is 2. The molecule has 0 amide bonds. The highest BCUT2D eigenvalue weighted by molar-refractivity contribution is 6.59. The van der Waals surface area contributed by atoms with Gasteiger partial charge in [0.1, 0.15) is 12.4 Å². The summed E-state index contributed by atoms with van der Waals surface area (Å²) in [7, 11) is -1.58. The third-order valence-corrected chi connectivity index (χ3v) is 3.13. The first-order valence-corrected chi connectivity index (χ1v) is 6.28. The molecule has 0 heterocycles. The summed E-state index contributed by atoms with van der Waals surface area (Å²) in [6.45, 7) is 2.35. The molecule has 0 saturated carbocycles. The third-order valence-electron chi connectivity index (χ3n) is 2.90. The molecule has 0 aromatic heterocycles. The fourth-order valence-corrected chi connectivity index (χ4v) is 1.94. The van der Waals surface area contributed by atoms with Crippen molar-refractivity contribution in [1.82, 2.24) is 0 Å². The molecular weight excluding hydrogens is 262 g/mol. The van der Waals surface area contributed by atoms with Gasteiger partial charge in [-0.25, -0.2) is 0 Å². The molecule has 0 aliphatic heterocycles. The van der Waals surface area contributed by atoms with Crippen molar-refractivity contribution >= 4 is 24.2 Å². The van der Waals surface area contributed by atoms with E-state index >= 15 is 0 Å². The van der Waals surface area contributed by atoms with Gasteiger partial charge in [0.2, 0.25) is 0 Å². The van der Waals surface area contributed by atoms with Crippen LogP contribution in [0.2, 0.25) is 5.02 Å². The number of hydrogen-bond acceptors (Lipinski definition) is 3. The van der Waals surface area contributed by atoms with E-state index in [2.05, 4.69) is 0 Å². The van der Waals surface area contributed by atoms with Crippen LogP contribution in [0.1, 0.15) is 11.1 Å². The first-order valence-electron chi connectivity index (χ1n) is 5.91. The van der Waals surface area contributed by atoms with Crippen molar-refractivity contribution in [2.75, 3.05) is 0 Å². The van der Waals surface area contributed by atoms with Gasteiger partial charge in [0.25, 0.3) is 0 Å². The molecule has 0 unspecified atom stereocenters. The molecule has 19 heavy (non-hydrogen) atoms. The Morgan fingerprint density at radius 3 is 2.58 bits per heavy atom. The molecule has 0 aliphatic rings. The smallest absolute Gasteiger partial charge is 0.489 e. The molecule has 0 fully saturated rings. The Kier molecular flexibility index (Phi) is 4.48. The summed E-state index contributed by atoms with van der Waals surface area (Å²) in [5.74, 6) is 0.380. The summed E-state index contributed by atoms with van der Waals surface area (Å²) in [5, 5.41) is 19.0. The highest BCUT2D eigenvalue weighted by Crippen LogP contribution is 2.18. The zero-order valence-corrected chi connectivity index (χ0v) is 11.3. The van der Waals surface area contributed by atoms with Gasteiger partial charge in [-0.05, 0) is 30.2 Å². The van der Waals surface area contributed by atoms with Crippen LogP contribution < -0.4 is 10.2 Å². The van der Waals surface area contributed by atoms with E-state index in [1.54, 1.807) is 18.2 Å². The number of ether oxygens (including phenoxy) is 1. The van der Waals surface area contributed by atoms with E-state index in [0.717, 1.165) is 11.1 Å². The summed E-state index contributed by atoms with van der Waals surface area (Å²) in [6, 6.07) is 12.6. The maximum Gasteiger partial charge on any atom is 0.492 e. The zero-order chi connectivity index (χ0) is 13.8. The lowest BCUT2D eigenvalue weighted by molar-refractivity contribution is 0.306. The van der Waals surface area contributed by atoms with Crippen molar-refractivity contribution in [2.24, 2.45) is 0 Å². The normalized spacial score (nSPS) is 10.3. The molecule has 0 atom stereocenters. The molecule has 2 rings (SSSR count). The second kappa shape index (κ2) is 6.11. The van der Waals surface area contributed by atoms with Gasteiger partial charge < -0.3 is 14.8 Å². The molecule has 98 valence electrons.